The number of halogens is 3. The minimum atomic E-state index is -0.382. The SMILES string of the molecule is CC1(C)[C@@]2(C)CC[C@@]1(C(=O)Nc1cc(Cl)ccc1Cl)[C@@H]2Br. The fourth-order valence-electron chi connectivity index (χ4n) is 4.28. The van der Waals surface area contributed by atoms with Crippen LogP contribution in [-0.2, 0) is 4.79 Å². The van der Waals surface area contributed by atoms with Crippen molar-refractivity contribution >= 4 is 50.7 Å². The van der Waals surface area contributed by atoms with Gasteiger partial charge in [-0.05, 0) is 41.9 Å². The monoisotopic (exact) mass is 389 g/mol. The number of carbonyl (C=O) groups excluding carboxylic acids is 1. The van der Waals surface area contributed by atoms with E-state index in [1.807, 2.05) is 0 Å². The minimum absolute atomic E-state index is 0.0357. The lowest BCUT2D eigenvalue weighted by Crippen LogP contribution is -2.68. The first-order valence-electron chi connectivity index (χ1n) is 7.07. The Morgan fingerprint density at radius 3 is 2.48 bits per heavy atom. The van der Waals surface area contributed by atoms with Crippen molar-refractivity contribution in [2.24, 2.45) is 16.2 Å². The first-order valence-corrected chi connectivity index (χ1v) is 8.74. The van der Waals surface area contributed by atoms with Gasteiger partial charge in [-0.2, -0.15) is 0 Å². The number of amides is 1. The number of nitrogens with one attached hydrogen (secondary N) is 1. The molecule has 3 fully saturated rings. The Kier molecular flexibility index (Phi) is 3.44. The molecule has 3 aliphatic rings. The van der Waals surface area contributed by atoms with E-state index < -0.39 is 0 Å². The molecule has 0 aliphatic heterocycles. The molecule has 0 saturated heterocycles. The average molecular weight is 391 g/mol. The maximum atomic E-state index is 13.0. The highest BCUT2D eigenvalue weighted by atomic mass is 79.9. The van der Waals surface area contributed by atoms with Crippen LogP contribution < -0.4 is 5.32 Å². The molecule has 114 valence electrons. The van der Waals surface area contributed by atoms with E-state index in [4.69, 9.17) is 23.2 Å². The van der Waals surface area contributed by atoms with Crippen molar-refractivity contribution in [1.82, 2.24) is 0 Å². The quantitative estimate of drug-likeness (QED) is 0.661. The zero-order valence-corrected chi connectivity index (χ0v) is 15.4. The lowest BCUT2D eigenvalue weighted by Gasteiger charge is -2.64. The molecule has 3 saturated carbocycles. The minimum Gasteiger partial charge on any atom is -0.324 e. The Morgan fingerprint density at radius 1 is 1.29 bits per heavy atom. The van der Waals surface area contributed by atoms with Crippen molar-refractivity contribution in [1.29, 1.82) is 0 Å². The van der Waals surface area contributed by atoms with E-state index >= 15 is 0 Å². The van der Waals surface area contributed by atoms with E-state index in [0.29, 0.717) is 15.7 Å². The number of fused-ring (bicyclic) bond motifs is 1. The number of hydrogen-bond acceptors (Lipinski definition) is 1. The van der Waals surface area contributed by atoms with Gasteiger partial charge in [0, 0.05) is 9.85 Å². The first-order chi connectivity index (χ1) is 9.67. The van der Waals surface area contributed by atoms with Gasteiger partial charge in [-0.1, -0.05) is 59.9 Å². The van der Waals surface area contributed by atoms with Gasteiger partial charge in [0.25, 0.3) is 0 Å². The van der Waals surface area contributed by atoms with Crippen LogP contribution in [0.1, 0.15) is 33.6 Å². The van der Waals surface area contributed by atoms with Crippen molar-refractivity contribution < 1.29 is 4.79 Å². The summed E-state index contributed by atoms with van der Waals surface area (Å²) < 4.78 is 0. The highest BCUT2D eigenvalue weighted by Crippen LogP contribution is 2.79. The molecule has 3 atom stereocenters. The molecule has 1 N–H and O–H groups in total. The molecule has 4 rings (SSSR count). The largest absolute Gasteiger partial charge is 0.324 e. The van der Waals surface area contributed by atoms with Gasteiger partial charge in [-0.25, -0.2) is 0 Å². The van der Waals surface area contributed by atoms with Crippen LogP contribution >= 0.6 is 39.1 Å². The highest BCUT2D eigenvalue weighted by Gasteiger charge is 2.80. The summed E-state index contributed by atoms with van der Waals surface area (Å²) in [6.45, 7) is 6.64. The molecular formula is C16H18BrCl2NO. The topological polar surface area (TPSA) is 29.1 Å². The van der Waals surface area contributed by atoms with Gasteiger partial charge in [0.15, 0.2) is 0 Å². The van der Waals surface area contributed by atoms with E-state index in [1.165, 1.54) is 0 Å². The van der Waals surface area contributed by atoms with Crippen LogP contribution in [0.4, 0.5) is 5.69 Å². The molecule has 1 amide bonds. The fourth-order valence-corrected chi connectivity index (χ4v) is 6.43. The molecule has 3 aliphatic carbocycles. The lowest BCUT2D eigenvalue weighted by atomic mass is 9.43. The van der Waals surface area contributed by atoms with Gasteiger partial charge in [0.05, 0.1) is 16.1 Å². The van der Waals surface area contributed by atoms with Crippen molar-refractivity contribution in [3.63, 3.8) is 0 Å². The fraction of sp³-hybridized carbons (Fsp3) is 0.562. The Balaban J connectivity index is 1.92. The van der Waals surface area contributed by atoms with Crippen molar-refractivity contribution in [3.05, 3.63) is 28.2 Å². The summed E-state index contributed by atoms with van der Waals surface area (Å²) in [7, 11) is 0. The molecule has 0 aromatic heterocycles. The molecular weight excluding hydrogens is 373 g/mol. The third-order valence-corrected chi connectivity index (χ3v) is 8.51. The number of benzene rings is 1. The highest BCUT2D eigenvalue weighted by molar-refractivity contribution is 9.09. The normalized spacial score (nSPS) is 36.2. The zero-order valence-electron chi connectivity index (χ0n) is 12.3. The van der Waals surface area contributed by atoms with Crippen molar-refractivity contribution in [2.45, 2.75) is 38.4 Å². The Hall–Kier alpha value is -0.250. The Bertz CT molecular complexity index is 633. The molecule has 1 aromatic rings. The van der Waals surface area contributed by atoms with Gasteiger partial charge in [-0.3, -0.25) is 4.79 Å². The van der Waals surface area contributed by atoms with Gasteiger partial charge in [0.1, 0.15) is 0 Å². The summed E-state index contributed by atoms with van der Waals surface area (Å²) in [5.41, 5.74) is 0.332. The van der Waals surface area contributed by atoms with Crippen LogP contribution in [-0.4, -0.2) is 10.7 Å². The standard InChI is InChI=1S/C16H18BrCl2NO/c1-14(2)15(3)6-7-16(14,12(15)17)13(21)20-11-8-9(18)4-5-10(11)19/h4-5,8,12H,6-7H2,1-3H3,(H,20,21)/t12-,15+,16+/m1/s1. The molecule has 2 nitrogen and oxygen atoms in total. The van der Waals surface area contributed by atoms with Crippen LogP contribution in [0.2, 0.25) is 10.0 Å². The van der Waals surface area contributed by atoms with Crippen LogP contribution in [0.25, 0.3) is 0 Å². The van der Waals surface area contributed by atoms with Gasteiger partial charge in [-0.15, -0.1) is 0 Å². The summed E-state index contributed by atoms with van der Waals surface area (Å²) >= 11 is 15.9. The number of hydrogen-bond donors (Lipinski definition) is 1. The van der Waals surface area contributed by atoms with E-state index in [9.17, 15) is 4.79 Å². The zero-order chi connectivity index (χ0) is 15.6. The maximum Gasteiger partial charge on any atom is 0.232 e. The number of alkyl halides is 1. The number of carbonyl (C=O) groups is 1. The molecule has 0 radical (unpaired) electrons. The van der Waals surface area contributed by atoms with Crippen LogP contribution in [0, 0.1) is 16.2 Å². The van der Waals surface area contributed by atoms with E-state index in [-0.39, 0.29) is 27.0 Å². The number of rotatable bonds is 2. The summed E-state index contributed by atoms with van der Waals surface area (Å²) in [6, 6.07) is 5.11. The van der Waals surface area contributed by atoms with E-state index in [2.05, 4.69) is 42.0 Å². The smallest absolute Gasteiger partial charge is 0.232 e. The van der Waals surface area contributed by atoms with Crippen LogP contribution in [0.15, 0.2) is 18.2 Å². The molecule has 5 heteroatoms. The predicted molar refractivity (Wildman–Crippen MR) is 91.4 cm³/mol. The second-order valence-electron chi connectivity index (χ2n) is 6.95. The average Bonchev–Trinajstić information content (AvgIpc) is 2.82. The predicted octanol–water partition coefficient (Wildman–Crippen LogP) is 5.52. The Labute approximate surface area is 143 Å². The molecule has 1 aromatic carbocycles. The lowest BCUT2D eigenvalue weighted by molar-refractivity contribution is -0.155. The molecule has 2 bridgehead atoms. The van der Waals surface area contributed by atoms with Crippen molar-refractivity contribution in [3.8, 4) is 0 Å². The molecule has 0 spiro atoms. The molecule has 21 heavy (non-hydrogen) atoms. The second-order valence-corrected chi connectivity index (χ2v) is 8.71. The van der Waals surface area contributed by atoms with Gasteiger partial charge < -0.3 is 5.32 Å². The summed E-state index contributed by atoms with van der Waals surface area (Å²) in [4.78, 5) is 13.2. The van der Waals surface area contributed by atoms with Gasteiger partial charge >= 0.3 is 0 Å². The summed E-state index contributed by atoms with van der Waals surface area (Å²) in [5.74, 6) is 0.0357. The second kappa shape index (κ2) is 4.62. The van der Waals surface area contributed by atoms with Gasteiger partial charge in [0.2, 0.25) is 5.91 Å². The summed E-state index contributed by atoms with van der Waals surface area (Å²) in [5, 5.41) is 4.06. The van der Waals surface area contributed by atoms with Crippen molar-refractivity contribution in [2.75, 3.05) is 5.32 Å². The van der Waals surface area contributed by atoms with Crippen LogP contribution in [0.5, 0.6) is 0 Å². The Morgan fingerprint density at radius 2 is 1.95 bits per heavy atom. The van der Waals surface area contributed by atoms with E-state index in [0.717, 1.165) is 12.8 Å². The van der Waals surface area contributed by atoms with Crippen LogP contribution in [0.3, 0.4) is 0 Å². The maximum absolute atomic E-state index is 13.0. The number of anilines is 1. The third kappa shape index (κ3) is 1.74. The van der Waals surface area contributed by atoms with E-state index in [1.54, 1.807) is 18.2 Å². The third-order valence-electron chi connectivity index (χ3n) is 6.16. The summed E-state index contributed by atoms with van der Waals surface area (Å²) in [6.07, 6.45) is 1.96. The first kappa shape index (κ1) is 15.6. The molecule has 0 unspecified atom stereocenters. The molecule has 0 heterocycles.